The quantitative estimate of drug-likeness (QED) is 0.887. The molecule has 0 spiro atoms. The fourth-order valence-corrected chi connectivity index (χ4v) is 2.48. The van der Waals surface area contributed by atoms with Crippen LogP contribution in [0.1, 0.15) is 42.5 Å². The van der Waals surface area contributed by atoms with Crippen LogP contribution in [0, 0.1) is 5.82 Å². The lowest BCUT2D eigenvalue weighted by atomic mass is 9.95. The van der Waals surface area contributed by atoms with E-state index in [1.807, 2.05) is 13.1 Å². The van der Waals surface area contributed by atoms with Crippen molar-refractivity contribution >= 4 is 0 Å². The van der Waals surface area contributed by atoms with Crippen LogP contribution in [0.2, 0.25) is 0 Å². The summed E-state index contributed by atoms with van der Waals surface area (Å²) in [4.78, 5) is 0. The van der Waals surface area contributed by atoms with Crippen LogP contribution >= 0.6 is 0 Å². The first-order valence-electron chi connectivity index (χ1n) is 7.18. The van der Waals surface area contributed by atoms with E-state index < -0.39 is 0 Å². The van der Waals surface area contributed by atoms with E-state index in [1.54, 1.807) is 12.1 Å². The van der Waals surface area contributed by atoms with E-state index >= 15 is 0 Å². The van der Waals surface area contributed by atoms with Crippen molar-refractivity contribution < 1.29 is 9.13 Å². The van der Waals surface area contributed by atoms with Crippen molar-refractivity contribution in [1.29, 1.82) is 0 Å². The zero-order valence-electron chi connectivity index (χ0n) is 13.0. The van der Waals surface area contributed by atoms with Crippen molar-refractivity contribution in [3.63, 3.8) is 0 Å². The van der Waals surface area contributed by atoms with Crippen LogP contribution in [0.3, 0.4) is 0 Å². The normalized spacial score (nSPS) is 12.5. The Bertz CT molecular complexity index is 593. The number of hydrogen-bond acceptors (Lipinski definition) is 2. The molecule has 2 rings (SSSR count). The highest BCUT2D eigenvalue weighted by Crippen LogP contribution is 2.29. The van der Waals surface area contributed by atoms with Gasteiger partial charge < -0.3 is 10.1 Å². The van der Waals surface area contributed by atoms with Gasteiger partial charge in [-0.3, -0.25) is 0 Å². The Labute approximate surface area is 126 Å². The minimum Gasteiger partial charge on any atom is -0.494 e. The van der Waals surface area contributed by atoms with Gasteiger partial charge in [-0.1, -0.05) is 50.2 Å². The number of halogens is 1. The molecule has 1 unspecified atom stereocenters. The Kier molecular flexibility index (Phi) is 4.97. The summed E-state index contributed by atoms with van der Waals surface area (Å²) >= 11 is 0. The first-order valence-corrected chi connectivity index (χ1v) is 7.18. The maximum atomic E-state index is 14.4. The van der Waals surface area contributed by atoms with Gasteiger partial charge >= 0.3 is 0 Å². The molecule has 112 valence electrons. The number of ether oxygens (including phenoxy) is 1. The first kappa shape index (κ1) is 15.5. The van der Waals surface area contributed by atoms with Crippen molar-refractivity contribution in [2.45, 2.75) is 25.8 Å². The number of benzene rings is 2. The third kappa shape index (κ3) is 3.24. The van der Waals surface area contributed by atoms with Crippen molar-refractivity contribution in [3.05, 3.63) is 65.0 Å². The van der Waals surface area contributed by atoms with Crippen molar-refractivity contribution in [1.82, 2.24) is 5.32 Å². The van der Waals surface area contributed by atoms with E-state index in [9.17, 15) is 4.39 Å². The molecule has 1 N–H and O–H groups in total. The zero-order chi connectivity index (χ0) is 15.4. The molecule has 0 radical (unpaired) electrons. The third-order valence-electron chi connectivity index (χ3n) is 3.75. The SMILES string of the molecule is CNC(c1ccc(C(C)C)cc1)c1cccc(OC)c1F. The molecular formula is C18H22FNO. The fraction of sp³-hybridized carbons (Fsp3) is 0.333. The van der Waals surface area contributed by atoms with Crippen molar-refractivity contribution in [2.75, 3.05) is 14.2 Å². The summed E-state index contributed by atoms with van der Waals surface area (Å²) < 4.78 is 19.5. The highest BCUT2D eigenvalue weighted by molar-refractivity contribution is 5.39. The predicted molar refractivity (Wildman–Crippen MR) is 84.4 cm³/mol. The molecule has 1 atom stereocenters. The monoisotopic (exact) mass is 287 g/mol. The van der Waals surface area contributed by atoms with E-state index in [0.29, 0.717) is 11.5 Å². The lowest BCUT2D eigenvalue weighted by Crippen LogP contribution is -2.19. The van der Waals surface area contributed by atoms with Crippen LogP contribution in [0.5, 0.6) is 5.75 Å². The van der Waals surface area contributed by atoms with Crippen molar-refractivity contribution in [3.8, 4) is 5.75 Å². The number of nitrogens with one attached hydrogen (secondary N) is 1. The molecule has 0 heterocycles. The Balaban J connectivity index is 2.40. The molecule has 2 aromatic rings. The largest absolute Gasteiger partial charge is 0.494 e. The first-order chi connectivity index (χ1) is 10.1. The smallest absolute Gasteiger partial charge is 0.170 e. The Morgan fingerprint density at radius 2 is 1.62 bits per heavy atom. The van der Waals surface area contributed by atoms with E-state index in [4.69, 9.17) is 4.74 Å². The summed E-state index contributed by atoms with van der Waals surface area (Å²) in [5, 5.41) is 3.18. The van der Waals surface area contributed by atoms with E-state index in [1.165, 1.54) is 12.7 Å². The standard InChI is InChI=1S/C18H22FNO/c1-12(2)13-8-10-14(11-9-13)18(20-3)15-6-5-7-16(21-4)17(15)19/h5-12,18,20H,1-4H3. The Morgan fingerprint density at radius 3 is 2.14 bits per heavy atom. The van der Waals surface area contributed by atoms with Crippen LogP contribution in [0.25, 0.3) is 0 Å². The second kappa shape index (κ2) is 6.72. The molecule has 0 aromatic heterocycles. The van der Waals surface area contributed by atoms with Crippen molar-refractivity contribution in [2.24, 2.45) is 0 Å². The molecule has 2 nitrogen and oxygen atoms in total. The molecular weight excluding hydrogens is 265 g/mol. The third-order valence-corrected chi connectivity index (χ3v) is 3.75. The highest BCUT2D eigenvalue weighted by Gasteiger charge is 2.18. The van der Waals surface area contributed by atoms with Gasteiger partial charge in [-0.15, -0.1) is 0 Å². The molecule has 0 amide bonds. The lowest BCUT2D eigenvalue weighted by molar-refractivity contribution is 0.382. The van der Waals surface area contributed by atoms with Gasteiger partial charge in [0.2, 0.25) is 0 Å². The van der Waals surface area contributed by atoms with Gasteiger partial charge in [-0.25, -0.2) is 4.39 Å². The molecule has 2 aromatic carbocycles. The maximum absolute atomic E-state index is 14.4. The van der Waals surface area contributed by atoms with Gasteiger partial charge in [0, 0.05) is 5.56 Å². The number of rotatable bonds is 5. The maximum Gasteiger partial charge on any atom is 0.170 e. The molecule has 0 saturated carbocycles. The summed E-state index contributed by atoms with van der Waals surface area (Å²) in [6.45, 7) is 4.32. The molecule has 0 fully saturated rings. The Morgan fingerprint density at radius 1 is 1.00 bits per heavy atom. The predicted octanol–water partition coefficient (Wildman–Crippen LogP) is 4.27. The molecule has 21 heavy (non-hydrogen) atoms. The molecule has 3 heteroatoms. The summed E-state index contributed by atoms with van der Waals surface area (Å²) in [7, 11) is 3.31. The molecule has 0 bridgehead atoms. The zero-order valence-corrected chi connectivity index (χ0v) is 13.0. The molecule has 0 aliphatic rings. The van der Waals surface area contributed by atoms with Gasteiger partial charge in [-0.2, -0.15) is 0 Å². The molecule has 0 aliphatic carbocycles. The average molecular weight is 287 g/mol. The molecule has 0 aliphatic heterocycles. The van der Waals surface area contributed by atoms with Crippen LogP contribution < -0.4 is 10.1 Å². The van der Waals surface area contributed by atoms with Gasteiger partial charge in [0.15, 0.2) is 11.6 Å². The van der Waals surface area contributed by atoms with E-state index in [-0.39, 0.29) is 17.6 Å². The Hall–Kier alpha value is -1.87. The van der Waals surface area contributed by atoms with Crippen LogP contribution in [-0.4, -0.2) is 14.2 Å². The van der Waals surface area contributed by atoms with E-state index in [2.05, 4.69) is 43.4 Å². The summed E-state index contributed by atoms with van der Waals surface area (Å²) in [6, 6.07) is 13.3. The summed E-state index contributed by atoms with van der Waals surface area (Å²) in [5.74, 6) is 0.444. The van der Waals surface area contributed by atoms with Gasteiger partial charge in [0.05, 0.1) is 13.2 Å². The topological polar surface area (TPSA) is 21.3 Å². The summed E-state index contributed by atoms with van der Waals surface area (Å²) in [5.41, 5.74) is 2.91. The summed E-state index contributed by atoms with van der Waals surface area (Å²) in [6.07, 6.45) is 0. The average Bonchev–Trinajstić information content (AvgIpc) is 2.50. The highest BCUT2D eigenvalue weighted by atomic mass is 19.1. The minimum atomic E-state index is -0.313. The second-order valence-corrected chi connectivity index (χ2v) is 5.41. The van der Waals surface area contributed by atoms with Gasteiger partial charge in [-0.05, 0) is 30.2 Å². The number of hydrogen-bond donors (Lipinski definition) is 1. The minimum absolute atomic E-state index is 0.193. The fourth-order valence-electron chi connectivity index (χ4n) is 2.48. The second-order valence-electron chi connectivity index (χ2n) is 5.41. The van der Waals surface area contributed by atoms with Crippen LogP contribution in [0.4, 0.5) is 4.39 Å². The van der Waals surface area contributed by atoms with Gasteiger partial charge in [0.1, 0.15) is 0 Å². The van der Waals surface area contributed by atoms with Crippen LogP contribution in [-0.2, 0) is 0 Å². The van der Waals surface area contributed by atoms with Gasteiger partial charge in [0.25, 0.3) is 0 Å². The number of methoxy groups -OCH3 is 1. The molecule has 0 saturated heterocycles. The lowest BCUT2D eigenvalue weighted by Gasteiger charge is -2.19. The van der Waals surface area contributed by atoms with E-state index in [0.717, 1.165) is 5.56 Å². The van der Waals surface area contributed by atoms with Crippen LogP contribution in [0.15, 0.2) is 42.5 Å².